The minimum Gasteiger partial charge on any atom is -0.391 e. The highest BCUT2D eigenvalue weighted by molar-refractivity contribution is 5.70. The molecule has 3 heterocycles. The molecule has 2 aromatic rings. The summed E-state index contributed by atoms with van der Waals surface area (Å²) in [5.41, 5.74) is 0.785. The molecule has 0 bridgehead atoms. The number of piperidine rings is 1. The maximum atomic E-state index is 12.7. The van der Waals surface area contributed by atoms with Crippen LogP contribution >= 0.6 is 0 Å². The number of likely N-dealkylation sites (tertiary alicyclic amines) is 1. The number of amides is 1. The zero-order chi connectivity index (χ0) is 17.9. The highest BCUT2D eigenvalue weighted by Gasteiger charge is 2.31. The summed E-state index contributed by atoms with van der Waals surface area (Å²) in [6.07, 6.45) is 5.85. The lowest BCUT2D eigenvalue weighted by Gasteiger charge is -2.33. The Balaban J connectivity index is 1.77. The van der Waals surface area contributed by atoms with Crippen LogP contribution in [0.5, 0.6) is 5.88 Å². The van der Waals surface area contributed by atoms with Gasteiger partial charge in [0, 0.05) is 36.1 Å². The molecule has 2 aromatic heterocycles. The normalized spacial score (nSPS) is 18.0. The molecule has 0 aromatic carbocycles. The van der Waals surface area contributed by atoms with Crippen molar-refractivity contribution in [1.82, 2.24) is 19.9 Å². The van der Waals surface area contributed by atoms with Crippen LogP contribution in [0.2, 0.25) is 0 Å². The number of nitrogens with zero attached hydrogens (tertiary/aromatic N) is 4. The molecule has 6 heteroatoms. The largest absolute Gasteiger partial charge is 0.417 e. The van der Waals surface area contributed by atoms with Crippen LogP contribution in [0.15, 0.2) is 36.7 Å². The van der Waals surface area contributed by atoms with Gasteiger partial charge < -0.3 is 4.74 Å². The predicted molar refractivity (Wildman–Crippen MR) is 94.3 cm³/mol. The van der Waals surface area contributed by atoms with Crippen molar-refractivity contribution in [3.8, 4) is 5.88 Å². The fourth-order valence-electron chi connectivity index (χ4n) is 2.94. The molecule has 1 fully saturated rings. The summed E-state index contributed by atoms with van der Waals surface area (Å²) >= 11 is 0. The fourth-order valence-corrected chi connectivity index (χ4v) is 2.94. The molecular weight excluding hydrogens is 316 g/mol. The van der Waals surface area contributed by atoms with Crippen molar-refractivity contribution < 1.29 is 9.53 Å². The molecule has 0 N–H and O–H groups in total. The fraction of sp³-hybridized carbons (Fsp3) is 0.474. The van der Waals surface area contributed by atoms with Crippen molar-refractivity contribution in [3.63, 3.8) is 0 Å². The summed E-state index contributed by atoms with van der Waals surface area (Å²) in [7, 11) is 0. The Morgan fingerprint density at radius 2 is 1.92 bits per heavy atom. The van der Waals surface area contributed by atoms with Gasteiger partial charge in [0.05, 0.1) is 6.04 Å². The molecule has 0 spiro atoms. The summed E-state index contributed by atoms with van der Waals surface area (Å²) in [6.45, 7) is 6.87. The second-order valence-corrected chi connectivity index (χ2v) is 7.29. The molecule has 132 valence electrons. The van der Waals surface area contributed by atoms with Gasteiger partial charge in [-0.25, -0.2) is 19.7 Å². The van der Waals surface area contributed by atoms with Gasteiger partial charge in [-0.05, 0) is 31.4 Å². The summed E-state index contributed by atoms with van der Waals surface area (Å²) in [4.78, 5) is 27.5. The molecule has 1 aliphatic heterocycles. The van der Waals surface area contributed by atoms with E-state index in [-0.39, 0.29) is 11.5 Å². The lowest BCUT2D eigenvalue weighted by atomic mass is 9.92. The Hall–Kier alpha value is -2.50. The van der Waals surface area contributed by atoms with E-state index in [1.54, 1.807) is 29.4 Å². The van der Waals surface area contributed by atoms with E-state index in [1.165, 1.54) is 0 Å². The lowest BCUT2D eigenvalue weighted by molar-refractivity contribution is 0.108. The molecule has 1 amide bonds. The first kappa shape index (κ1) is 17.3. The van der Waals surface area contributed by atoms with E-state index in [9.17, 15) is 4.79 Å². The second-order valence-electron chi connectivity index (χ2n) is 7.29. The van der Waals surface area contributed by atoms with Crippen molar-refractivity contribution in [3.05, 3.63) is 48.2 Å². The third kappa shape index (κ3) is 4.13. The average molecular weight is 340 g/mol. The van der Waals surface area contributed by atoms with Crippen molar-refractivity contribution in [2.24, 2.45) is 0 Å². The van der Waals surface area contributed by atoms with Crippen molar-refractivity contribution in [2.45, 2.75) is 51.5 Å². The maximum Gasteiger partial charge on any atom is 0.417 e. The number of carbonyl (C=O) groups is 1. The van der Waals surface area contributed by atoms with Gasteiger partial charge in [0.15, 0.2) is 5.82 Å². The third-order valence-corrected chi connectivity index (χ3v) is 4.30. The Labute approximate surface area is 148 Å². The van der Waals surface area contributed by atoms with Gasteiger partial charge >= 0.3 is 6.09 Å². The second kappa shape index (κ2) is 7.17. The molecule has 25 heavy (non-hydrogen) atoms. The Morgan fingerprint density at radius 3 is 2.64 bits per heavy atom. The Morgan fingerprint density at radius 1 is 1.16 bits per heavy atom. The van der Waals surface area contributed by atoms with Gasteiger partial charge in [-0.3, -0.25) is 4.90 Å². The van der Waals surface area contributed by atoms with E-state index in [1.807, 2.05) is 12.1 Å². The van der Waals surface area contributed by atoms with Gasteiger partial charge in [0.2, 0.25) is 5.88 Å². The number of aromatic nitrogens is 3. The quantitative estimate of drug-likeness (QED) is 0.829. The van der Waals surface area contributed by atoms with Gasteiger partial charge in [-0.1, -0.05) is 26.8 Å². The molecule has 6 nitrogen and oxygen atoms in total. The molecule has 0 radical (unpaired) electrons. The van der Waals surface area contributed by atoms with Crippen LogP contribution in [0.25, 0.3) is 0 Å². The van der Waals surface area contributed by atoms with Crippen LogP contribution < -0.4 is 4.74 Å². The predicted octanol–water partition coefficient (Wildman–Crippen LogP) is 3.90. The molecule has 3 rings (SSSR count). The van der Waals surface area contributed by atoms with E-state index in [0.29, 0.717) is 18.2 Å². The topological polar surface area (TPSA) is 68.2 Å². The smallest absolute Gasteiger partial charge is 0.391 e. The Kier molecular flexibility index (Phi) is 4.97. The molecule has 0 aliphatic carbocycles. The van der Waals surface area contributed by atoms with Crippen LogP contribution in [0, 0.1) is 0 Å². The lowest BCUT2D eigenvalue weighted by Crippen LogP contribution is -2.41. The summed E-state index contributed by atoms with van der Waals surface area (Å²) in [5, 5.41) is 0. The van der Waals surface area contributed by atoms with Crippen LogP contribution in [0.1, 0.15) is 57.6 Å². The van der Waals surface area contributed by atoms with Crippen molar-refractivity contribution in [1.29, 1.82) is 0 Å². The van der Waals surface area contributed by atoms with Gasteiger partial charge in [0.25, 0.3) is 0 Å². The summed E-state index contributed by atoms with van der Waals surface area (Å²) in [6, 6.07) is 7.15. The molecule has 1 unspecified atom stereocenters. The number of ether oxygens (including phenoxy) is 1. The number of hydrogen-bond donors (Lipinski definition) is 0. The first-order valence-electron chi connectivity index (χ1n) is 8.68. The minimum absolute atomic E-state index is 0.103. The van der Waals surface area contributed by atoms with Crippen LogP contribution in [0.4, 0.5) is 4.79 Å². The first-order valence-corrected chi connectivity index (χ1v) is 8.68. The van der Waals surface area contributed by atoms with Crippen molar-refractivity contribution in [2.75, 3.05) is 6.54 Å². The molecular formula is C19H24N4O2. The summed E-state index contributed by atoms with van der Waals surface area (Å²) in [5.74, 6) is 0.992. The minimum atomic E-state index is -0.393. The van der Waals surface area contributed by atoms with Crippen LogP contribution in [-0.4, -0.2) is 32.5 Å². The molecule has 0 saturated carbocycles. The molecule has 1 saturated heterocycles. The van der Waals surface area contributed by atoms with E-state index in [2.05, 4.69) is 35.7 Å². The molecule has 1 aliphatic rings. The highest BCUT2D eigenvalue weighted by atomic mass is 16.6. The average Bonchev–Trinajstić information content (AvgIpc) is 2.62. The number of pyridine rings is 1. The maximum absolute atomic E-state index is 12.7. The van der Waals surface area contributed by atoms with Gasteiger partial charge in [-0.15, -0.1) is 0 Å². The number of rotatable bonds is 2. The van der Waals surface area contributed by atoms with Crippen molar-refractivity contribution >= 4 is 6.09 Å². The number of hydrogen-bond acceptors (Lipinski definition) is 5. The number of carbonyl (C=O) groups excluding carboxylic acids is 1. The standard InChI is InChI=1S/C19H24N4O2/c1-19(2,3)15-9-6-10-16(22-15)25-18(24)23-13-5-4-8-14(23)17-20-11-7-12-21-17/h6-7,9-12,14H,4-5,8,13H2,1-3H3. The van der Waals surface area contributed by atoms with E-state index >= 15 is 0 Å². The first-order chi connectivity index (χ1) is 11.9. The van der Waals surface area contributed by atoms with Crippen LogP contribution in [-0.2, 0) is 5.41 Å². The van der Waals surface area contributed by atoms with E-state index < -0.39 is 6.09 Å². The van der Waals surface area contributed by atoms with Gasteiger partial charge in [0.1, 0.15) is 0 Å². The van der Waals surface area contributed by atoms with E-state index in [4.69, 9.17) is 4.74 Å². The third-order valence-electron chi connectivity index (χ3n) is 4.30. The Bertz CT molecular complexity index is 728. The summed E-state index contributed by atoms with van der Waals surface area (Å²) < 4.78 is 5.56. The monoisotopic (exact) mass is 340 g/mol. The molecule has 1 atom stereocenters. The van der Waals surface area contributed by atoms with Crippen LogP contribution in [0.3, 0.4) is 0 Å². The zero-order valence-electron chi connectivity index (χ0n) is 15.0. The zero-order valence-corrected chi connectivity index (χ0v) is 15.0. The van der Waals surface area contributed by atoms with Gasteiger partial charge in [-0.2, -0.15) is 0 Å². The SMILES string of the molecule is CC(C)(C)c1cccc(OC(=O)N2CCCCC2c2ncccn2)n1. The highest BCUT2D eigenvalue weighted by Crippen LogP contribution is 2.29. The van der Waals surface area contributed by atoms with E-state index in [0.717, 1.165) is 25.0 Å².